The van der Waals surface area contributed by atoms with Crippen LogP contribution in [0.1, 0.15) is 12.0 Å². The molecular weight excluding hydrogens is 486 g/mol. The van der Waals surface area contributed by atoms with Gasteiger partial charge in [0.2, 0.25) is 0 Å². The molecule has 2 aliphatic heterocycles. The zero-order valence-electron chi connectivity index (χ0n) is 15.3. The maximum Gasteiger partial charge on any atom is 0.191 e. The van der Waals surface area contributed by atoms with Crippen molar-refractivity contribution in [2.45, 2.75) is 19.0 Å². The van der Waals surface area contributed by atoms with E-state index < -0.39 is 9.84 Å². The maximum absolute atomic E-state index is 14.4. The quantitative estimate of drug-likeness (QED) is 0.358. The van der Waals surface area contributed by atoms with Crippen LogP contribution in [0, 0.1) is 5.82 Å². The molecule has 2 aliphatic rings. The normalized spacial score (nSPS) is 22.2. The monoisotopic (exact) mass is 512 g/mol. The fourth-order valence-electron chi connectivity index (χ4n) is 3.20. The number of aliphatic imine (C=N–C) groups is 1. The van der Waals surface area contributed by atoms with Crippen LogP contribution < -0.4 is 15.5 Å². The number of morpholine rings is 1. The number of nitrogens with one attached hydrogen (secondary N) is 2. The van der Waals surface area contributed by atoms with E-state index in [1.807, 2.05) is 11.0 Å². The van der Waals surface area contributed by atoms with E-state index in [-0.39, 0.29) is 47.3 Å². The zero-order valence-corrected chi connectivity index (χ0v) is 18.4. The van der Waals surface area contributed by atoms with Gasteiger partial charge in [-0.2, -0.15) is 0 Å². The maximum atomic E-state index is 14.4. The van der Waals surface area contributed by atoms with Crippen LogP contribution in [0.4, 0.5) is 10.1 Å². The van der Waals surface area contributed by atoms with Crippen LogP contribution >= 0.6 is 24.0 Å². The van der Waals surface area contributed by atoms with Gasteiger partial charge in [-0.25, -0.2) is 12.8 Å². The first-order chi connectivity index (χ1) is 12.5. The molecule has 3 rings (SSSR count). The number of nitrogens with zero attached hydrogens (tertiary/aromatic N) is 2. The summed E-state index contributed by atoms with van der Waals surface area (Å²) in [4.78, 5) is 6.09. The van der Waals surface area contributed by atoms with Crippen LogP contribution in [-0.2, 0) is 21.1 Å². The lowest BCUT2D eigenvalue weighted by Gasteiger charge is -2.29. The van der Waals surface area contributed by atoms with E-state index >= 15 is 0 Å². The van der Waals surface area contributed by atoms with Gasteiger partial charge in [-0.1, -0.05) is 6.07 Å². The Morgan fingerprint density at radius 2 is 2.11 bits per heavy atom. The standard InChI is InChI=1S/C17H25FN4O3S.HI/c1-19-17(21-14-4-9-26(23,24)12-14)20-11-13-2-3-16(15(18)10-13)22-5-7-25-8-6-22;/h2-3,10,14H,4-9,11-12H2,1H3,(H2,19,20,21);1H. The summed E-state index contributed by atoms with van der Waals surface area (Å²) in [5.41, 5.74) is 1.39. The average Bonchev–Trinajstić information content (AvgIpc) is 2.98. The summed E-state index contributed by atoms with van der Waals surface area (Å²) in [5.74, 6) is 0.590. The summed E-state index contributed by atoms with van der Waals surface area (Å²) in [6, 6.07) is 5.06. The Bertz CT molecular complexity index is 769. The van der Waals surface area contributed by atoms with Crippen molar-refractivity contribution in [3.63, 3.8) is 0 Å². The van der Waals surface area contributed by atoms with Crippen molar-refractivity contribution in [2.24, 2.45) is 4.99 Å². The molecule has 7 nitrogen and oxygen atoms in total. The third kappa shape index (κ3) is 6.18. The van der Waals surface area contributed by atoms with Crippen LogP contribution in [0.15, 0.2) is 23.2 Å². The van der Waals surface area contributed by atoms with Crippen molar-refractivity contribution < 1.29 is 17.5 Å². The predicted molar refractivity (Wildman–Crippen MR) is 115 cm³/mol. The van der Waals surface area contributed by atoms with Gasteiger partial charge in [0, 0.05) is 32.7 Å². The van der Waals surface area contributed by atoms with Crippen molar-refractivity contribution in [1.29, 1.82) is 0 Å². The topological polar surface area (TPSA) is 83.0 Å². The Balaban J connectivity index is 0.00000261. The number of ether oxygens (including phenoxy) is 1. The average molecular weight is 512 g/mol. The Kier molecular flexibility index (Phi) is 8.10. The van der Waals surface area contributed by atoms with Crippen LogP contribution in [0.5, 0.6) is 0 Å². The third-order valence-corrected chi connectivity index (χ3v) is 6.39. The first-order valence-corrected chi connectivity index (χ1v) is 10.6. The molecule has 0 bridgehead atoms. The summed E-state index contributed by atoms with van der Waals surface area (Å²) in [6.07, 6.45) is 0.575. The van der Waals surface area contributed by atoms with Gasteiger partial charge in [-0.15, -0.1) is 24.0 Å². The first kappa shape index (κ1) is 22.2. The molecule has 1 aromatic carbocycles. The van der Waals surface area contributed by atoms with Gasteiger partial charge >= 0.3 is 0 Å². The number of halogens is 2. The highest BCUT2D eigenvalue weighted by molar-refractivity contribution is 14.0. The molecule has 1 aromatic rings. The van der Waals surface area contributed by atoms with E-state index in [9.17, 15) is 12.8 Å². The lowest BCUT2D eigenvalue weighted by molar-refractivity contribution is 0.122. The second kappa shape index (κ2) is 9.87. The SMILES string of the molecule is CN=C(NCc1ccc(N2CCOCC2)c(F)c1)NC1CCS(=O)(=O)C1.I. The molecule has 0 radical (unpaired) electrons. The largest absolute Gasteiger partial charge is 0.378 e. The minimum atomic E-state index is -2.95. The summed E-state index contributed by atoms with van der Waals surface area (Å²) >= 11 is 0. The van der Waals surface area contributed by atoms with Crippen molar-refractivity contribution in [3.8, 4) is 0 Å². The van der Waals surface area contributed by atoms with Gasteiger partial charge < -0.3 is 20.3 Å². The molecule has 10 heteroatoms. The molecule has 2 heterocycles. The molecular formula is C17H26FIN4O3S. The zero-order chi connectivity index (χ0) is 18.6. The van der Waals surface area contributed by atoms with Gasteiger partial charge in [-0.3, -0.25) is 4.99 Å². The number of sulfone groups is 1. The highest BCUT2D eigenvalue weighted by Crippen LogP contribution is 2.21. The molecule has 0 aliphatic carbocycles. The van der Waals surface area contributed by atoms with Gasteiger partial charge in [-0.05, 0) is 24.1 Å². The molecule has 1 atom stereocenters. The molecule has 1 unspecified atom stereocenters. The lowest BCUT2D eigenvalue weighted by Crippen LogP contribution is -2.43. The van der Waals surface area contributed by atoms with E-state index in [2.05, 4.69) is 15.6 Å². The van der Waals surface area contributed by atoms with Crippen LogP contribution in [0.25, 0.3) is 0 Å². The van der Waals surface area contributed by atoms with Crippen LogP contribution in [0.3, 0.4) is 0 Å². The Hall–Kier alpha value is -1.14. The molecule has 0 saturated carbocycles. The second-order valence-corrected chi connectivity index (χ2v) is 8.78. The Morgan fingerprint density at radius 1 is 1.37 bits per heavy atom. The first-order valence-electron chi connectivity index (χ1n) is 8.75. The van der Waals surface area contributed by atoms with Gasteiger partial charge in [0.15, 0.2) is 15.8 Å². The Labute approximate surface area is 176 Å². The van der Waals surface area contributed by atoms with E-state index in [1.165, 1.54) is 6.07 Å². The Morgan fingerprint density at radius 3 is 2.70 bits per heavy atom. The number of benzene rings is 1. The summed E-state index contributed by atoms with van der Waals surface area (Å²) in [5, 5.41) is 6.22. The fraction of sp³-hybridized carbons (Fsp3) is 0.588. The number of anilines is 1. The van der Waals surface area contributed by atoms with Gasteiger partial charge in [0.05, 0.1) is 30.4 Å². The van der Waals surface area contributed by atoms with Crippen molar-refractivity contribution >= 4 is 45.5 Å². The highest BCUT2D eigenvalue weighted by atomic mass is 127. The van der Waals surface area contributed by atoms with E-state index in [4.69, 9.17) is 4.74 Å². The van der Waals surface area contributed by atoms with E-state index in [0.29, 0.717) is 50.9 Å². The number of guanidine groups is 1. The fourth-order valence-corrected chi connectivity index (χ4v) is 4.88. The molecule has 0 aromatic heterocycles. The molecule has 2 saturated heterocycles. The van der Waals surface area contributed by atoms with Crippen molar-refractivity contribution in [2.75, 3.05) is 49.8 Å². The van der Waals surface area contributed by atoms with Crippen molar-refractivity contribution in [3.05, 3.63) is 29.6 Å². The van der Waals surface area contributed by atoms with Crippen molar-refractivity contribution in [1.82, 2.24) is 10.6 Å². The summed E-state index contributed by atoms with van der Waals surface area (Å²) < 4.78 is 42.8. The molecule has 2 N–H and O–H groups in total. The molecule has 27 heavy (non-hydrogen) atoms. The molecule has 2 fully saturated rings. The minimum absolute atomic E-state index is 0. The summed E-state index contributed by atoms with van der Waals surface area (Å²) in [6.45, 7) is 3.01. The molecule has 0 spiro atoms. The van der Waals surface area contributed by atoms with E-state index in [0.717, 1.165) is 5.56 Å². The van der Waals surface area contributed by atoms with E-state index in [1.54, 1.807) is 13.1 Å². The predicted octanol–water partition coefficient (Wildman–Crippen LogP) is 1.13. The second-order valence-electron chi connectivity index (χ2n) is 6.56. The van der Waals surface area contributed by atoms with Gasteiger partial charge in [0.1, 0.15) is 5.82 Å². The van der Waals surface area contributed by atoms with Crippen LogP contribution in [-0.4, -0.2) is 65.3 Å². The number of hydrogen-bond acceptors (Lipinski definition) is 5. The number of rotatable bonds is 4. The molecule has 152 valence electrons. The smallest absolute Gasteiger partial charge is 0.191 e. The lowest BCUT2D eigenvalue weighted by atomic mass is 10.1. The number of hydrogen-bond donors (Lipinski definition) is 2. The summed E-state index contributed by atoms with van der Waals surface area (Å²) in [7, 11) is -1.32. The molecule has 0 amide bonds. The highest BCUT2D eigenvalue weighted by Gasteiger charge is 2.28. The minimum Gasteiger partial charge on any atom is -0.378 e. The van der Waals surface area contributed by atoms with Gasteiger partial charge in [0.25, 0.3) is 0 Å². The third-order valence-electron chi connectivity index (χ3n) is 4.62. The van der Waals surface area contributed by atoms with Crippen LogP contribution in [0.2, 0.25) is 0 Å².